The standard InChI is InChI=1S/C17H18N4O/c1-12-6-7-14(10-13(12)2)19-16(22)15-11-18-20(3)17(15)21-8-4-5-9-21/h4-11H,1-3H3,(H,19,22). The van der Waals surface area contributed by atoms with E-state index in [1.54, 1.807) is 10.9 Å². The summed E-state index contributed by atoms with van der Waals surface area (Å²) in [7, 11) is 1.82. The molecule has 0 fully saturated rings. The van der Waals surface area contributed by atoms with Crippen LogP contribution in [-0.4, -0.2) is 20.3 Å². The van der Waals surface area contributed by atoms with E-state index in [0.717, 1.165) is 17.1 Å². The Hall–Kier alpha value is -2.82. The molecule has 0 saturated heterocycles. The van der Waals surface area contributed by atoms with Gasteiger partial charge in [-0.3, -0.25) is 9.48 Å². The SMILES string of the molecule is Cc1ccc(NC(=O)c2cnn(C)c2-n2cccc2)cc1C. The van der Waals surface area contributed by atoms with Crippen molar-refractivity contribution in [3.63, 3.8) is 0 Å². The molecule has 1 amide bonds. The lowest BCUT2D eigenvalue weighted by molar-refractivity contribution is 0.102. The molecule has 0 aliphatic heterocycles. The lowest BCUT2D eigenvalue weighted by Crippen LogP contribution is -2.15. The van der Waals surface area contributed by atoms with Gasteiger partial charge in [0.2, 0.25) is 0 Å². The Balaban J connectivity index is 1.91. The molecule has 2 heterocycles. The van der Waals surface area contributed by atoms with Gasteiger partial charge in [-0.05, 0) is 49.2 Å². The highest BCUT2D eigenvalue weighted by atomic mass is 16.1. The van der Waals surface area contributed by atoms with Crippen LogP contribution in [0.4, 0.5) is 5.69 Å². The number of amides is 1. The number of nitrogens with one attached hydrogen (secondary N) is 1. The lowest BCUT2D eigenvalue weighted by atomic mass is 10.1. The van der Waals surface area contributed by atoms with Crippen molar-refractivity contribution in [2.24, 2.45) is 7.05 Å². The number of aryl methyl sites for hydroxylation is 3. The summed E-state index contributed by atoms with van der Waals surface area (Å²) in [6.07, 6.45) is 5.37. The number of nitrogens with zero attached hydrogens (tertiary/aromatic N) is 3. The number of carbonyl (C=O) groups excluding carboxylic acids is 1. The number of anilines is 1. The van der Waals surface area contributed by atoms with E-state index < -0.39 is 0 Å². The summed E-state index contributed by atoms with van der Waals surface area (Å²) >= 11 is 0. The summed E-state index contributed by atoms with van der Waals surface area (Å²) in [4.78, 5) is 12.6. The fourth-order valence-electron chi connectivity index (χ4n) is 2.39. The van der Waals surface area contributed by atoms with Crippen molar-refractivity contribution >= 4 is 11.6 Å². The van der Waals surface area contributed by atoms with E-state index in [0.29, 0.717) is 5.56 Å². The third-order valence-corrected chi connectivity index (χ3v) is 3.77. The minimum atomic E-state index is -0.167. The number of rotatable bonds is 3. The summed E-state index contributed by atoms with van der Waals surface area (Å²) in [5.41, 5.74) is 3.68. The average molecular weight is 294 g/mol. The Morgan fingerprint density at radius 3 is 2.55 bits per heavy atom. The highest BCUT2D eigenvalue weighted by Gasteiger charge is 2.17. The highest BCUT2D eigenvalue weighted by Crippen LogP contribution is 2.18. The van der Waals surface area contributed by atoms with Gasteiger partial charge in [0, 0.05) is 25.1 Å². The smallest absolute Gasteiger partial charge is 0.261 e. The monoisotopic (exact) mass is 294 g/mol. The zero-order chi connectivity index (χ0) is 15.7. The highest BCUT2D eigenvalue weighted by molar-refractivity contribution is 6.06. The first-order valence-electron chi connectivity index (χ1n) is 7.10. The Kier molecular flexibility index (Phi) is 3.55. The summed E-state index contributed by atoms with van der Waals surface area (Å²) in [5.74, 6) is 0.575. The molecule has 3 rings (SSSR count). The molecular weight excluding hydrogens is 276 g/mol. The number of aromatic nitrogens is 3. The Morgan fingerprint density at radius 2 is 1.86 bits per heavy atom. The lowest BCUT2D eigenvalue weighted by Gasteiger charge is -2.09. The second-order valence-electron chi connectivity index (χ2n) is 5.35. The molecule has 0 unspecified atom stereocenters. The van der Waals surface area contributed by atoms with Gasteiger partial charge in [0.15, 0.2) is 0 Å². The van der Waals surface area contributed by atoms with Crippen LogP contribution in [0.25, 0.3) is 5.82 Å². The van der Waals surface area contributed by atoms with Crippen LogP contribution in [0, 0.1) is 13.8 Å². The topological polar surface area (TPSA) is 51.9 Å². The quantitative estimate of drug-likeness (QED) is 0.807. The first-order valence-corrected chi connectivity index (χ1v) is 7.10. The minimum Gasteiger partial charge on any atom is -0.322 e. The van der Waals surface area contributed by atoms with Crippen LogP contribution in [-0.2, 0) is 7.05 Å². The second kappa shape index (κ2) is 5.52. The molecule has 5 nitrogen and oxygen atoms in total. The Labute approximate surface area is 129 Å². The first kappa shape index (κ1) is 14.1. The number of carbonyl (C=O) groups is 1. The fourth-order valence-corrected chi connectivity index (χ4v) is 2.39. The molecule has 5 heteroatoms. The van der Waals surface area contributed by atoms with Crippen molar-refractivity contribution < 1.29 is 4.79 Å². The zero-order valence-corrected chi connectivity index (χ0v) is 12.9. The largest absolute Gasteiger partial charge is 0.322 e. The number of hydrogen-bond acceptors (Lipinski definition) is 2. The van der Waals surface area contributed by atoms with Crippen LogP contribution in [0.15, 0.2) is 48.9 Å². The molecule has 0 radical (unpaired) electrons. The van der Waals surface area contributed by atoms with Crippen LogP contribution in [0.2, 0.25) is 0 Å². The second-order valence-corrected chi connectivity index (χ2v) is 5.35. The van der Waals surface area contributed by atoms with Crippen LogP contribution in [0.3, 0.4) is 0 Å². The average Bonchev–Trinajstić information content (AvgIpc) is 3.11. The Morgan fingerprint density at radius 1 is 1.14 bits per heavy atom. The molecule has 1 N–H and O–H groups in total. The van der Waals surface area contributed by atoms with Gasteiger partial charge in [-0.25, -0.2) is 0 Å². The van der Waals surface area contributed by atoms with E-state index in [9.17, 15) is 4.79 Å². The predicted molar refractivity (Wildman–Crippen MR) is 86.4 cm³/mol. The van der Waals surface area contributed by atoms with Crippen molar-refractivity contribution in [2.45, 2.75) is 13.8 Å². The first-order chi connectivity index (χ1) is 10.6. The van der Waals surface area contributed by atoms with Crippen molar-refractivity contribution in [2.75, 3.05) is 5.32 Å². The summed E-state index contributed by atoms with van der Waals surface area (Å²) in [6, 6.07) is 9.71. The third kappa shape index (κ3) is 2.53. The minimum absolute atomic E-state index is 0.167. The zero-order valence-electron chi connectivity index (χ0n) is 12.9. The number of hydrogen-bond donors (Lipinski definition) is 1. The maximum absolute atomic E-state index is 12.6. The van der Waals surface area contributed by atoms with Crippen molar-refractivity contribution in [3.05, 3.63) is 65.6 Å². The van der Waals surface area contributed by atoms with Gasteiger partial charge in [0.1, 0.15) is 11.4 Å². The van der Waals surface area contributed by atoms with E-state index in [-0.39, 0.29) is 5.91 Å². The van der Waals surface area contributed by atoms with Gasteiger partial charge in [-0.15, -0.1) is 0 Å². The molecule has 0 aliphatic rings. The molecule has 0 saturated carbocycles. The molecular formula is C17H18N4O. The van der Waals surface area contributed by atoms with Crippen LogP contribution in [0.5, 0.6) is 0 Å². The van der Waals surface area contributed by atoms with Crippen LogP contribution < -0.4 is 5.32 Å². The summed E-state index contributed by atoms with van der Waals surface area (Å²) < 4.78 is 3.57. The molecule has 0 aliphatic carbocycles. The van der Waals surface area contributed by atoms with Crippen molar-refractivity contribution in [1.82, 2.24) is 14.3 Å². The van der Waals surface area contributed by atoms with E-state index in [4.69, 9.17) is 0 Å². The molecule has 112 valence electrons. The van der Waals surface area contributed by atoms with Crippen LogP contribution in [0.1, 0.15) is 21.5 Å². The van der Waals surface area contributed by atoms with Crippen molar-refractivity contribution in [3.8, 4) is 5.82 Å². The van der Waals surface area contributed by atoms with E-state index in [1.165, 1.54) is 5.56 Å². The van der Waals surface area contributed by atoms with E-state index in [2.05, 4.69) is 10.4 Å². The Bertz CT molecular complexity index is 815. The predicted octanol–water partition coefficient (Wildman–Crippen LogP) is 3.08. The maximum Gasteiger partial charge on any atom is 0.261 e. The fraction of sp³-hybridized carbons (Fsp3) is 0.176. The van der Waals surface area contributed by atoms with E-state index >= 15 is 0 Å². The molecule has 0 spiro atoms. The van der Waals surface area contributed by atoms with Gasteiger partial charge in [0.25, 0.3) is 5.91 Å². The van der Waals surface area contributed by atoms with Gasteiger partial charge < -0.3 is 9.88 Å². The van der Waals surface area contributed by atoms with Gasteiger partial charge in [-0.2, -0.15) is 5.10 Å². The van der Waals surface area contributed by atoms with Crippen LogP contribution >= 0.6 is 0 Å². The van der Waals surface area contributed by atoms with Gasteiger partial charge in [-0.1, -0.05) is 6.07 Å². The summed E-state index contributed by atoms with van der Waals surface area (Å²) in [6.45, 7) is 4.08. The molecule has 22 heavy (non-hydrogen) atoms. The van der Waals surface area contributed by atoms with Crippen molar-refractivity contribution in [1.29, 1.82) is 0 Å². The van der Waals surface area contributed by atoms with Gasteiger partial charge in [0.05, 0.1) is 6.20 Å². The normalized spacial score (nSPS) is 10.7. The molecule has 0 bridgehead atoms. The molecule has 2 aromatic heterocycles. The van der Waals surface area contributed by atoms with E-state index in [1.807, 2.05) is 68.2 Å². The molecule has 0 atom stereocenters. The molecule has 3 aromatic rings. The number of benzene rings is 1. The maximum atomic E-state index is 12.6. The van der Waals surface area contributed by atoms with Gasteiger partial charge >= 0.3 is 0 Å². The molecule has 1 aromatic carbocycles. The third-order valence-electron chi connectivity index (χ3n) is 3.77. The summed E-state index contributed by atoms with van der Waals surface area (Å²) in [5, 5.41) is 7.14.